The zero-order valence-electron chi connectivity index (χ0n) is 13.6. The maximum Gasteiger partial charge on any atom is 0.197 e. The SMILES string of the molecule is O=C(c1cccc(P)c1C(=O)c1c(Cl)cccc1Cl)c1c(Cl)cccc1Cl. The van der Waals surface area contributed by atoms with Gasteiger partial charge in [0.1, 0.15) is 0 Å². The highest BCUT2D eigenvalue weighted by Crippen LogP contribution is 2.31. The highest BCUT2D eigenvalue weighted by Gasteiger charge is 2.26. The summed E-state index contributed by atoms with van der Waals surface area (Å²) >= 11 is 24.7. The van der Waals surface area contributed by atoms with E-state index in [1.54, 1.807) is 54.6 Å². The highest BCUT2D eigenvalue weighted by atomic mass is 35.5. The van der Waals surface area contributed by atoms with Crippen molar-refractivity contribution in [1.29, 1.82) is 0 Å². The van der Waals surface area contributed by atoms with Crippen LogP contribution in [0.5, 0.6) is 0 Å². The summed E-state index contributed by atoms with van der Waals surface area (Å²) in [6.07, 6.45) is 0. The summed E-state index contributed by atoms with van der Waals surface area (Å²) in [5.74, 6) is -0.913. The van der Waals surface area contributed by atoms with Gasteiger partial charge in [-0.2, -0.15) is 0 Å². The number of ketones is 2. The molecule has 3 aromatic carbocycles. The summed E-state index contributed by atoms with van der Waals surface area (Å²) in [6.45, 7) is 0. The van der Waals surface area contributed by atoms with Crippen molar-refractivity contribution >= 4 is 72.5 Å². The van der Waals surface area contributed by atoms with Crippen LogP contribution in [-0.4, -0.2) is 11.6 Å². The fourth-order valence-corrected chi connectivity index (χ4v) is 4.24. The van der Waals surface area contributed by atoms with Gasteiger partial charge in [0.2, 0.25) is 0 Å². The molecular weight excluding hydrogens is 445 g/mol. The second kappa shape index (κ2) is 8.31. The molecule has 136 valence electrons. The molecule has 0 bridgehead atoms. The minimum atomic E-state index is -0.457. The molecule has 3 rings (SSSR count). The number of hydrogen-bond acceptors (Lipinski definition) is 2. The molecule has 0 aliphatic heterocycles. The van der Waals surface area contributed by atoms with Gasteiger partial charge in [-0.1, -0.05) is 76.7 Å². The van der Waals surface area contributed by atoms with E-state index in [0.29, 0.717) is 5.30 Å². The highest BCUT2D eigenvalue weighted by molar-refractivity contribution is 7.27. The molecule has 0 aromatic heterocycles. The molecule has 3 aromatic rings. The molecule has 0 N–H and O–H groups in total. The van der Waals surface area contributed by atoms with E-state index in [9.17, 15) is 9.59 Å². The molecule has 0 saturated heterocycles. The van der Waals surface area contributed by atoms with E-state index in [2.05, 4.69) is 9.24 Å². The predicted molar refractivity (Wildman–Crippen MR) is 116 cm³/mol. The summed E-state index contributed by atoms with van der Waals surface area (Å²) in [4.78, 5) is 26.4. The summed E-state index contributed by atoms with van der Waals surface area (Å²) < 4.78 is 0. The Morgan fingerprint density at radius 3 is 1.48 bits per heavy atom. The summed E-state index contributed by atoms with van der Waals surface area (Å²) in [6, 6.07) is 14.5. The number of rotatable bonds is 4. The van der Waals surface area contributed by atoms with Crippen LogP contribution in [0.4, 0.5) is 0 Å². The van der Waals surface area contributed by atoms with Gasteiger partial charge in [0.25, 0.3) is 0 Å². The lowest BCUT2D eigenvalue weighted by molar-refractivity contribution is 0.100. The van der Waals surface area contributed by atoms with Crippen LogP contribution in [0.2, 0.25) is 20.1 Å². The lowest BCUT2D eigenvalue weighted by atomic mass is 9.93. The van der Waals surface area contributed by atoms with E-state index in [-0.39, 0.29) is 42.3 Å². The summed E-state index contributed by atoms with van der Waals surface area (Å²) in [5, 5.41) is 1.35. The first-order chi connectivity index (χ1) is 12.8. The van der Waals surface area contributed by atoms with Gasteiger partial charge in [0.15, 0.2) is 11.6 Å². The molecule has 0 saturated carbocycles. The molecule has 0 radical (unpaired) electrons. The third-order valence-electron chi connectivity index (χ3n) is 3.95. The molecule has 1 unspecified atom stereocenters. The Balaban J connectivity index is 2.22. The lowest BCUT2D eigenvalue weighted by Crippen LogP contribution is -2.19. The van der Waals surface area contributed by atoms with Gasteiger partial charge >= 0.3 is 0 Å². The molecule has 0 aliphatic carbocycles. The first-order valence-electron chi connectivity index (χ1n) is 7.68. The van der Waals surface area contributed by atoms with Crippen molar-refractivity contribution in [3.63, 3.8) is 0 Å². The van der Waals surface area contributed by atoms with E-state index >= 15 is 0 Å². The predicted octanol–water partition coefficient (Wildman–Crippen LogP) is 6.26. The largest absolute Gasteiger partial charge is 0.288 e. The van der Waals surface area contributed by atoms with Crippen molar-refractivity contribution in [3.05, 3.63) is 96.9 Å². The van der Waals surface area contributed by atoms with E-state index in [1.807, 2.05) is 0 Å². The van der Waals surface area contributed by atoms with Crippen molar-refractivity contribution in [2.24, 2.45) is 0 Å². The monoisotopic (exact) mass is 454 g/mol. The molecule has 1 atom stereocenters. The number of carbonyl (C=O) groups is 2. The van der Waals surface area contributed by atoms with Crippen LogP contribution in [-0.2, 0) is 0 Å². The maximum absolute atomic E-state index is 13.2. The molecule has 0 fully saturated rings. The lowest BCUT2D eigenvalue weighted by Gasteiger charge is -2.14. The fourth-order valence-electron chi connectivity index (χ4n) is 2.70. The Kier molecular flexibility index (Phi) is 6.25. The summed E-state index contributed by atoms with van der Waals surface area (Å²) in [5.41, 5.74) is 0.614. The normalized spacial score (nSPS) is 10.7. The number of halogens is 4. The molecule has 27 heavy (non-hydrogen) atoms. The molecule has 7 heteroatoms. The Labute approximate surface area is 178 Å². The molecule has 0 spiro atoms. The van der Waals surface area contributed by atoms with Crippen LogP contribution in [0.3, 0.4) is 0 Å². The topological polar surface area (TPSA) is 34.1 Å². The fraction of sp³-hybridized carbons (Fsp3) is 0. The van der Waals surface area contributed by atoms with Gasteiger partial charge < -0.3 is 0 Å². The third kappa shape index (κ3) is 3.92. The van der Waals surface area contributed by atoms with Gasteiger partial charge in [0.05, 0.1) is 31.2 Å². The number of carbonyl (C=O) groups excluding carboxylic acids is 2. The van der Waals surface area contributed by atoms with E-state index in [4.69, 9.17) is 46.4 Å². The first kappa shape index (κ1) is 20.3. The molecular formula is C20H11Cl4O2P. The molecule has 0 amide bonds. The van der Waals surface area contributed by atoms with Gasteiger partial charge in [0, 0.05) is 11.1 Å². The number of hydrogen-bond donors (Lipinski definition) is 0. The van der Waals surface area contributed by atoms with Crippen molar-refractivity contribution in [2.75, 3.05) is 0 Å². The maximum atomic E-state index is 13.2. The van der Waals surface area contributed by atoms with Crippen LogP contribution in [0, 0.1) is 0 Å². The van der Waals surface area contributed by atoms with Crippen LogP contribution < -0.4 is 5.30 Å². The Morgan fingerprint density at radius 2 is 1.00 bits per heavy atom. The van der Waals surface area contributed by atoms with E-state index in [0.717, 1.165) is 0 Å². The molecule has 2 nitrogen and oxygen atoms in total. The van der Waals surface area contributed by atoms with Crippen LogP contribution >= 0.6 is 55.6 Å². The second-order valence-electron chi connectivity index (χ2n) is 5.62. The molecule has 0 aliphatic rings. The van der Waals surface area contributed by atoms with Crippen molar-refractivity contribution in [2.45, 2.75) is 0 Å². The van der Waals surface area contributed by atoms with Gasteiger partial charge in [-0.15, -0.1) is 9.24 Å². The Bertz CT molecular complexity index is 1040. The second-order valence-corrected chi connectivity index (χ2v) is 7.87. The van der Waals surface area contributed by atoms with E-state index < -0.39 is 11.6 Å². The van der Waals surface area contributed by atoms with Gasteiger partial charge in [-0.25, -0.2) is 0 Å². The average molecular weight is 456 g/mol. The zero-order valence-corrected chi connectivity index (χ0v) is 17.8. The Hall–Kier alpha value is -1.41. The minimum absolute atomic E-state index is 0.134. The summed E-state index contributed by atoms with van der Waals surface area (Å²) in [7, 11) is 2.45. The van der Waals surface area contributed by atoms with E-state index in [1.165, 1.54) is 0 Å². The average Bonchev–Trinajstić information content (AvgIpc) is 2.61. The van der Waals surface area contributed by atoms with Crippen molar-refractivity contribution in [1.82, 2.24) is 0 Å². The smallest absolute Gasteiger partial charge is 0.197 e. The van der Waals surface area contributed by atoms with Crippen molar-refractivity contribution < 1.29 is 9.59 Å². The zero-order chi connectivity index (χ0) is 19.7. The Morgan fingerprint density at radius 1 is 0.593 bits per heavy atom. The third-order valence-corrected chi connectivity index (χ3v) is 5.69. The standard InChI is InChI=1S/C20H11Cl4O2P/c21-11-5-2-6-12(22)17(11)19(25)10-4-1-9-15(27)16(10)20(26)18-13(23)7-3-8-14(18)24/h1-9H,27H2. The first-order valence-corrected chi connectivity index (χ1v) is 9.77. The minimum Gasteiger partial charge on any atom is -0.288 e. The van der Waals surface area contributed by atoms with Crippen LogP contribution in [0.1, 0.15) is 31.8 Å². The molecule has 0 heterocycles. The number of benzene rings is 3. The van der Waals surface area contributed by atoms with Crippen LogP contribution in [0.15, 0.2) is 54.6 Å². The van der Waals surface area contributed by atoms with Crippen molar-refractivity contribution in [3.8, 4) is 0 Å². The van der Waals surface area contributed by atoms with Crippen LogP contribution in [0.25, 0.3) is 0 Å². The van der Waals surface area contributed by atoms with Gasteiger partial charge in [-0.3, -0.25) is 9.59 Å². The van der Waals surface area contributed by atoms with Gasteiger partial charge in [-0.05, 0) is 29.6 Å². The quantitative estimate of drug-likeness (QED) is 0.343.